The van der Waals surface area contributed by atoms with Crippen molar-refractivity contribution in [3.05, 3.63) is 76.8 Å². The molecule has 0 saturated heterocycles. The zero-order valence-corrected chi connectivity index (χ0v) is 17.8. The van der Waals surface area contributed by atoms with Crippen molar-refractivity contribution >= 4 is 42.6 Å². The molecule has 0 bridgehead atoms. The smallest absolute Gasteiger partial charge is 0.240 e. The fraction of sp³-hybridized carbons (Fsp3) is 0.190. The molecule has 1 N–H and O–H groups in total. The molecule has 3 aromatic rings. The van der Waals surface area contributed by atoms with Crippen LogP contribution in [0.25, 0.3) is 10.8 Å². The Kier molecular flexibility index (Phi) is 6.49. The summed E-state index contributed by atoms with van der Waals surface area (Å²) in [5.41, 5.74) is 1.03. The number of hydrogen-bond acceptors (Lipinski definition) is 3. The Hall–Kier alpha value is -2.22. The van der Waals surface area contributed by atoms with Gasteiger partial charge in [-0.05, 0) is 46.7 Å². The van der Waals surface area contributed by atoms with Crippen molar-refractivity contribution in [2.45, 2.75) is 17.9 Å². The normalized spacial score (nSPS) is 11.5. The Morgan fingerprint density at radius 2 is 1.68 bits per heavy atom. The molecule has 28 heavy (non-hydrogen) atoms. The molecule has 0 fully saturated rings. The number of carbonyl (C=O) groups is 1. The first-order valence-corrected chi connectivity index (χ1v) is 11.1. The molecule has 0 heterocycles. The highest BCUT2D eigenvalue weighted by Gasteiger charge is 2.15. The average Bonchev–Trinajstić information content (AvgIpc) is 2.68. The molecule has 146 valence electrons. The molecule has 3 aromatic carbocycles. The van der Waals surface area contributed by atoms with Gasteiger partial charge in [-0.15, -0.1) is 0 Å². The SMILES string of the molecule is CN(Cc1ccc2ccccc2c1)C(=O)CCNS(=O)(=O)c1ccc(Br)cc1. The van der Waals surface area contributed by atoms with Gasteiger partial charge in [-0.2, -0.15) is 0 Å². The summed E-state index contributed by atoms with van der Waals surface area (Å²) in [7, 11) is -1.90. The van der Waals surface area contributed by atoms with Gasteiger partial charge < -0.3 is 4.90 Å². The average molecular weight is 461 g/mol. The molecular formula is C21H21BrN2O3S. The number of fused-ring (bicyclic) bond motifs is 1. The lowest BCUT2D eigenvalue weighted by Gasteiger charge is -2.18. The number of carbonyl (C=O) groups excluding carboxylic acids is 1. The number of halogens is 1. The van der Waals surface area contributed by atoms with Crippen LogP contribution in [0.5, 0.6) is 0 Å². The maximum absolute atomic E-state index is 12.4. The van der Waals surface area contributed by atoms with Crippen LogP contribution in [0.3, 0.4) is 0 Å². The Morgan fingerprint density at radius 3 is 2.39 bits per heavy atom. The molecule has 0 atom stereocenters. The summed E-state index contributed by atoms with van der Waals surface area (Å²) >= 11 is 3.27. The van der Waals surface area contributed by atoms with Crippen LogP contribution in [0, 0.1) is 0 Å². The molecule has 0 radical (unpaired) electrons. The van der Waals surface area contributed by atoms with E-state index in [1.165, 1.54) is 12.1 Å². The van der Waals surface area contributed by atoms with E-state index in [4.69, 9.17) is 0 Å². The van der Waals surface area contributed by atoms with Crippen LogP contribution in [-0.2, 0) is 21.4 Å². The van der Waals surface area contributed by atoms with E-state index < -0.39 is 10.0 Å². The van der Waals surface area contributed by atoms with E-state index in [0.29, 0.717) is 6.54 Å². The Labute approximate surface area is 173 Å². The van der Waals surface area contributed by atoms with Crippen LogP contribution in [0.1, 0.15) is 12.0 Å². The van der Waals surface area contributed by atoms with Crippen molar-refractivity contribution in [1.82, 2.24) is 9.62 Å². The van der Waals surface area contributed by atoms with Crippen molar-refractivity contribution in [1.29, 1.82) is 0 Å². The number of hydrogen-bond donors (Lipinski definition) is 1. The number of nitrogens with zero attached hydrogens (tertiary/aromatic N) is 1. The van der Waals surface area contributed by atoms with Crippen LogP contribution in [0.4, 0.5) is 0 Å². The zero-order valence-electron chi connectivity index (χ0n) is 15.4. The third-order valence-electron chi connectivity index (χ3n) is 4.41. The molecule has 0 saturated carbocycles. The van der Waals surface area contributed by atoms with Gasteiger partial charge in [0.2, 0.25) is 15.9 Å². The molecule has 0 aromatic heterocycles. The van der Waals surface area contributed by atoms with E-state index in [1.807, 2.05) is 36.4 Å². The van der Waals surface area contributed by atoms with Gasteiger partial charge >= 0.3 is 0 Å². The summed E-state index contributed by atoms with van der Waals surface area (Å²) in [6.45, 7) is 0.530. The summed E-state index contributed by atoms with van der Waals surface area (Å²) in [6.07, 6.45) is 0.0971. The van der Waals surface area contributed by atoms with Crippen molar-refractivity contribution in [3.8, 4) is 0 Å². The van der Waals surface area contributed by atoms with Gasteiger partial charge in [-0.25, -0.2) is 13.1 Å². The maximum atomic E-state index is 12.4. The molecule has 3 rings (SSSR count). The lowest BCUT2D eigenvalue weighted by Crippen LogP contribution is -2.31. The first-order chi connectivity index (χ1) is 13.3. The van der Waals surface area contributed by atoms with Crippen LogP contribution in [0.2, 0.25) is 0 Å². The minimum Gasteiger partial charge on any atom is -0.341 e. The molecule has 0 aliphatic rings. The Balaban J connectivity index is 1.54. The molecular weight excluding hydrogens is 440 g/mol. The Bertz CT molecular complexity index is 1080. The minimum atomic E-state index is -3.62. The van der Waals surface area contributed by atoms with Crippen LogP contribution in [0.15, 0.2) is 76.1 Å². The Morgan fingerprint density at radius 1 is 1.00 bits per heavy atom. The molecule has 0 aliphatic heterocycles. The van der Waals surface area contributed by atoms with E-state index >= 15 is 0 Å². The second-order valence-corrected chi connectivity index (χ2v) is 9.22. The number of benzene rings is 3. The third-order valence-corrected chi connectivity index (χ3v) is 6.42. The van der Waals surface area contributed by atoms with E-state index in [-0.39, 0.29) is 23.8 Å². The lowest BCUT2D eigenvalue weighted by molar-refractivity contribution is -0.130. The van der Waals surface area contributed by atoms with Crippen molar-refractivity contribution in [3.63, 3.8) is 0 Å². The monoisotopic (exact) mass is 460 g/mol. The highest BCUT2D eigenvalue weighted by Crippen LogP contribution is 2.17. The highest BCUT2D eigenvalue weighted by atomic mass is 79.9. The topological polar surface area (TPSA) is 66.5 Å². The molecule has 0 aliphatic carbocycles. The lowest BCUT2D eigenvalue weighted by atomic mass is 10.1. The number of sulfonamides is 1. The first-order valence-electron chi connectivity index (χ1n) is 8.82. The second-order valence-electron chi connectivity index (χ2n) is 6.53. The minimum absolute atomic E-state index is 0.0549. The second kappa shape index (κ2) is 8.86. The van der Waals surface area contributed by atoms with E-state index in [1.54, 1.807) is 24.1 Å². The van der Waals surface area contributed by atoms with E-state index in [9.17, 15) is 13.2 Å². The van der Waals surface area contributed by atoms with Crippen LogP contribution < -0.4 is 4.72 Å². The zero-order chi connectivity index (χ0) is 20.1. The van der Waals surface area contributed by atoms with E-state index in [0.717, 1.165) is 20.8 Å². The van der Waals surface area contributed by atoms with Gasteiger partial charge in [0.05, 0.1) is 4.90 Å². The van der Waals surface area contributed by atoms with Gasteiger partial charge in [-0.3, -0.25) is 4.79 Å². The molecule has 0 unspecified atom stereocenters. The van der Waals surface area contributed by atoms with Gasteiger partial charge in [0.25, 0.3) is 0 Å². The standard InChI is InChI=1S/C21H21BrN2O3S/c1-24(15-16-6-7-17-4-2-3-5-18(17)14-16)21(25)12-13-23-28(26,27)20-10-8-19(22)9-11-20/h2-11,14,23H,12-13,15H2,1H3. The van der Waals surface area contributed by atoms with Crippen molar-refractivity contribution in [2.75, 3.05) is 13.6 Å². The van der Waals surface area contributed by atoms with Gasteiger partial charge in [-0.1, -0.05) is 52.3 Å². The summed E-state index contributed by atoms with van der Waals surface area (Å²) < 4.78 is 27.8. The molecule has 0 spiro atoms. The van der Waals surface area contributed by atoms with Crippen LogP contribution in [-0.4, -0.2) is 32.8 Å². The van der Waals surface area contributed by atoms with Crippen molar-refractivity contribution < 1.29 is 13.2 Å². The van der Waals surface area contributed by atoms with Gasteiger partial charge in [0.1, 0.15) is 0 Å². The summed E-state index contributed by atoms with van der Waals surface area (Å²) in [5.74, 6) is -0.119. The summed E-state index contributed by atoms with van der Waals surface area (Å²) in [4.78, 5) is 14.1. The predicted molar refractivity (Wildman–Crippen MR) is 114 cm³/mol. The predicted octanol–water partition coefficient (Wildman–Crippen LogP) is 3.93. The number of rotatable bonds is 7. The fourth-order valence-corrected chi connectivity index (χ4v) is 4.18. The quantitative estimate of drug-likeness (QED) is 0.580. The maximum Gasteiger partial charge on any atom is 0.240 e. The first kappa shape index (κ1) is 20.5. The summed E-state index contributed by atoms with van der Waals surface area (Å²) in [5, 5.41) is 2.28. The van der Waals surface area contributed by atoms with Crippen molar-refractivity contribution in [2.24, 2.45) is 0 Å². The molecule has 1 amide bonds. The van der Waals surface area contributed by atoms with Gasteiger partial charge in [0.15, 0.2) is 0 Å². The fourth-order valence-electron chi connectivity index (χ4n) is 2.88. The highest BCUT2D eigenvalue weighted by molar-refractivity contribution is 9.10. The van der Waals surface area contributed by atoms with Gasteiger partial charge in [0, 0.05) is 31.0 Å². The third kappa shape index (κ3) is 5.19. The number of amides is 1. The number of nitrogens with one attached hydrogen (secondary N) is 1. The largest absolute Gasteiger partial charge is 0.341 e. The van der Waals surface area contributed by atoms with E-state index in [2.05, 4.69) is 26.7 Å². The molecule has 7 heteroatoms. The summed E-state index contributed by atoms with van der Waals surface area (Å²) in [6, 6.07) is 20.5. The molecule has 5 nitrogen and oxygen atoms in total. The van der Waals surface area contributed by atoms with Crippen LogP contribution >= 0.6 is 15.9 Å².